The maximum atomic E-state index is 5.25. The summed E-state index contributed by atoms with van der Waals surface area (Å²) < 4.78 is 5.25. The van der Waals surface area contributed by atoms with Gasteiger partial charge in [0.25, 0.3) is 0 Å². The molecule has 0 aliphatic heterocycles. The second-order valence-electron chi connectivity index (χ2n) is 4.41. The summed E-state index contributed by atoms with van der Waals surface area (Å²) in [5, 5.41) is 7.29. The molecule has 84 valence electrons. The lowest BCUT2D eigenvalue weighted by Gasteiger charge is -2.05. The van der Waals surface area contributed by atoms with E-state index in [-0.39, 0.29) is 0 Å². The number of nitrogens with zero attached hydrogens (tertiary/aromatic N) is 2. The van der Waals surface area contributed by atoms with Crippen LogP contribution in [0.25, 0.3) is 0 Å². The van der Waals surface area contributed by atoms with Crippen LogP contribution in [-0.4, -0.2) is 23.2 Å². The summed E-state index contributed by atoms with van der Waals surface area (Å²) >= 11 is 0. The van der Waals surface area contributed by atoms with Gasteiger partial charge in [-0.2, -0.15) is 4.98 Å². The van der Waals surface area contributed by atoms with Gasteiger partial charge in [-0.05, 0) is 25.3 Å². The van der Waals surface area contributed by atoms with E-state index in [1.165, 1.54) is 12.8 Å². The number of aromatic nitrogens is 2. The Morgan fingerprint density at radius 3 is 3.00 bits per heavy atom. The van der Waals surface area contributed by atoms with Crippen molar-refractivity contribution in [3.8, 4) is 0 Å². The first-order valence-corrected chi connectivity index (χ1v) is 5.82. The number of nitrogens with one attached hydrogen (secondary N) is 1. The van der Waals surface area contributed by atoms with Crippen LogP contribution in [0.5, 0.6) is 0 Å². The maximum Gasteiger partial charge on any atom is 0.230 e. The van der Waals surface area contributed by atoms with Gasteiger partial charge in [0.15, 0.2) is 5.82 Å². The lowest BCUT2D eigenvalue weighted by molar-refractivity contribution is 0.350. The fourth-order valence-corrected chi connectivity index (χ4v) is 1.58. The Kier molecular flexibility index (Phi) is 3.36. The summed E-state index contributed by atoms with van der Waals surface area (Å²) in [5.74, 6) is 2.78. The van der Waals surface area contributed by atoms with Crippen LogP contribution in [0, 0.1) is 5.92 Å². The van der Waals surface area contributed by atoms with Crippen molar-refractivity contribution in [3.05, 3.63) is 11.7 Å². The fraction of sp³-hybridized carbons (Fsp3) is 0.818. The Bertz CT molecular complexity index is 307. The molecule has 1 aliphatic carbocycles. The topological polar surface area (TPSA) is 51.0 Å². The standard InChI is InChI=1S/C11H19N3O/c1-3-12-7-8(2)11-13-10(14-15-11)6-9-4-5-9/h8-9,12H,3-7H2,1-2H3. The monoisotopic (exact) mass is 209 g/mol. The molecule has 1 aromatic rings. The van der Waals surface area contributed by atoms with Crippen LogP contribution < -0.4 is 5.32 Å². The molecule has 0 bridgehead atoms. The minimum atomic E-state index is 0.311. The van der Waals surface area contributed by atoms with Crippen molar-refractivity contribution in [2.24, 2.45) is 5.92 Å². The van der Waals surface area contributed by atoms with Crippen molar-refractivity contribution in [1.82, 2.24) is 15.5 Å². The molecular weight excluding hydrogens is 190 g/mol. The lowest BCUT2D eigenvalue weighted by atomic mass is 10.2. The highest BCUT2D eigenvalue weighted by Crippen LogP contribution is 2.31. The van der Waals surface area contributed by atoms with Crippen molar-refractivity contribution in [2.75, 3.05) is 13.1 Å². The fourth-order valence-electron chi connectivity index (χ4n) is 1.58. The van der Waals surface area contributed by atoms with Gasteiger partial charge in [0.2, 0.25) is 5.89 Å². The third-order valence-electron chi connectivity index (χ3n) is 2.77. The summed E-state index contributed by atoms with van der Waals surface area (Å²) in [6.07, 6.45) is 3.66. The molecule has 0 amide bonds. The van der Waals surface area contributed by atoms with Gasteiger partial charge in [-0.25, -0.2) is 0 Å². The zero-order valence-corrected chi connectivity index (χ0v) is 9.49. The van der Waals surface area contributed by atoms with Gasteiger partial charge in [0, 0.05) is 18.9 Å². The van der Waals surface area contributed by atoms with Crippen molar-refractivity contribution in [3.63, 3.8) is 0 Å². The molecule has 0 spiro atoms. The zero-order valence-electron chi connectivity index (χ0n) is 9.49. The minimum absolute atomic E-state index is 0.311. The number of rotatable bonds is 6. The normalized spacial score (nSPS) is 18.0. The average Bonchev–Trinajstić information content (AvgIpc) is 2.91. The van der Waals surface area contributed by atoms with Crippen LogP contribution in [-0.2, 0) is 6.42 Å². The largest absolute Gasteiger partial charge is 0.339 e. The summed E-state index contributed by atoms with van der Waals surface area (Å²) in [7, 11) is 0. The smallest absolute Gasteiger partial charge is 0.230 e. The van der Waals surface area contributed by atoms with E-state index in [9.17, 15) is 0 Å². The Morgan fingerprint density at radius 1 is 1.53 bits per heavy atom. The molecule has 1 N–H and O–H groups in total. The molecule has 1 aliphatic rings. The molecule has 0 saturated heterocycles. The molecule has 15 heavy (non-hydrogen) atoms. The van der Waals surface area contributed by atoms with E-state index in [0.29, 0.717) is 5.92 Å². The molecule has 1 heterocycles. The molecule has 4 heteroatoms. The Hall–Kier alpha value is -0.900. The van der Waals surface area contributed by atoms with Gasteiger partial charge in [-0.1, -0.05) is 19.0 Å². The predicted molar refractivity (Wildman–Crippen MR) is 57.7 cm³/mol. The second-order valence-corrected chi connectivity index (χ2v) is 4.41. The highest BCUT2D eigenvalue weighted by Gasteiger charge is 2.24. The van der Waals surface area contributed by atoms with Crippen molar-refractivity contribution in [1.29, 1.82) is 0 Å². The van der Waals surface area contributed by atoms with Crippen LogP contribution in [0.2, 0.25) is 0 Å². The van der Waals surface area contributed by atoms with E-state index < -0.39 is 0 Å². The highest BCUT2D eigenvalue weighted by atomic mass is 16.5. The molecule has 0 aromatic carbocycles. The van der Waals surface area contributed by atoms with Crippen molar-refractivity contribution in [2.45, 2.75) is 39.0 Å². The van der Waals surface area contributed by atoms with Gasteiger partial charge in [0.05, 0.1) is 0 Å². The quantitative estimate of drug-likeness (QED) is 0.775. The summed E-state index contributed by atoms with van der Waals surface area (Å²) in [5.41, 5.74) is 0. The average molecular weight is 209 g/mol. The van der Waals surface area contributed by atoms with Crippen LogP contribution >= 0.6 is 0 Å². The number of hydrogen-bond acceptors (Lipinski definition) is 4. The van der Waals surface area contributed by atoms with Gasteiger partial charge < -0.3 is 9.84 Å². The third kappa shape index (κ3) is 3.02. The van der Waals surface area contributed by atoms with E-state index in [2.05, 4.69) is 29.3 Å². The van der Waals surface area contributed by atoms with Gasteiger partial charge in [-0.3, -0.25) is 0 Å². The Morgan fingerprint density at radius 2 is 2.33 bits per heavy atom. The summed E-state index contributed by atoms with van der Waals surface area (Å²) in [6.45, 7) is 6.09. The third-order valence-corrected chi connectivity index (χ3v) is 2.77. The maximum absolute atomic E-state index is 5.25. The van der Waals surface area contributed by atoms with Gasteiger partial charge >= 0.3 is 0 Å². The van der Waals surface area contributed by atoms with Crippen molar-refractivity contribution >= 4 is 0 Å². The van der Waals surface area contributed by atoms with Gasteiger partial charge in [0.1, 0.15) is 0 Å². The predicted octanol–water partition coefficient (Wildman–Crippen LogP) is 1.74. The van der Waals surface area contributed by atoms with E-state index in [0.717, 1.165) is 37.1 Å². The van der Waals surface area contributed by atoms with Crippen LogP contribution in [0.1, 0.15) is 44.3 Å². The molecule has 2 rings (SSSR count). The number of hydrogen-bond donors (Lipinski definition) is 1. The van der Waals surface area contributed by atoms with E-state index in [4.69, 9.17) is 4.52 Å². The summed E-state index contributed by atoms with van der Waals surface area (Å²) in [6, 6.07) is 0. The van der Waals surface area contributed by atoms with E-state index in [1.54, 1.807) is 0 Å². The van der Waals surface area contributed by atoms with Crippen molar-refractivity contribution < 1.29 is 4.52 Å². The molecule has 1 unspecified atom stereocenters. The molecule has 4 nitrogen and oxygen atoms in total. The molecule has 1 fully saturated rings. The van der Waals surface area contributed by atoms with Crippen LogP contribution in [0.15, 0.2) is 4.52 Å². The first kappa shape index (κ1) is 10.6. The molecule has 1 atom stereocenters. The first-order valence-electron chi connectivity index (χ1n) is 5.82. The first-order chi connectivity index (χ1) is 7.29. The molecular formula is C11H19N3O. The molecule has 0 radical (unpaired) electrons. The minimum Gasteiger partial charge on any atom is -0.339 e. The molecule has 1 saturated carbocycles. The van der Waals surface area contributed by atoms with Crippen LogP contribution in [0.3, 0.4) is 0 Å². The Labute approximate surface area is 90.4 Å². The highest BCUT2D eigenvalue weighted by molar-refractivity contribution is 4.96. The molecule has 1 aromatic heterocycles. The van der Waals surface area contributed by atoms with Crippen LogP contribution in [0.4, 0.5) is 0 Å². The summed E-state index contributed by atoms with van der Waals surface area (Å²) in [4.78, 5) is 4.43. The SMILES string of the molecule is CCNCC(C)c1nc(CC2CC2)no1. The zero-order chi connectivity index (χ0) is 10.7. The van der Waals surface area contributed by atoms with E-state index >= 15 is 0 Å². The number of likely N-dealkylation sites (N-methyl/N-ethyl adjacent to an activating group) is 1. The second kappa shape index (κ2) is 4.75. The lowest BCUT2D eigenvalue weighted by Crippen LogP contribution is -2.19. The Balaban J connectivity index is 1.86. The van der Waals surface area contributed by atoms with E-state index in [1.807, 2.05) is 0 Å². The van der Waals surface area contributed by atoms with Gasteiger partial charge in [-0.15, -0.1) is 0 Å².